The average molecular weight is 565 g/mol. The van der Waals surface area contributed by atoms with Gasteiger partial charge in [-0.3, -0.25) is 0 Å². The van der Waals surface area contributed by atoms with Gasteiger partial charge in [0, 0.05) is 17.6 Å². The van der Waals surface area contributed by atoms with Gasteiger partial charge in [-0.15, -0.1) is 0 Å². The Kier molecular flexibility index (Phi) is 9.62. The Morgan fingerprint density at radius 3 is 2.32 bits per heavy atom. The molecule has 37 heavy (non-hydrogen) atoms. The van der Waals surface area contributed by atoms with Gasteiger partial charge in [0.05, 0.1) is 34.8 Å². The van der Waals surface area contributed by atoms with Crippen molar-refractivity contribution in [1.29, 1.82) is 0 Å². The third-order valence-corrected chi connectivity index (χ3v) is 11.9. The first kappa shape index (κ1) is 29.0. The highest BCUT2D eigenvalue weighted by atomic mass is 35.5. The van der Waals surface area contributed by atoms with Gasteiger partial charge in [-0.2, -0.15) is 4.98 Å². The van der Waals surface area contributed by atoms with E-state index in [1.54, 1.807) is 45.2 Å². The maximum absolute atomic E-state index is 13.6. The molecular weight excluding hydrogens is 531 g/mol. The molecule has 8 nitrogen and oxygen atoms in total. The van der Waals surface area contributed by atoms with Crippen LogP contribution in [0.3, 0.4) is 0 Å². The number of methoxy groups -OCH3 is 1. The fourth-order valence-electron chi connectivity index (χ4n) is 3.96. The Balaban J connectivity index is 1.93. The third-order valence-electron chi connectivity index (χ3n) is 5.88. The summed E-state index contributed by atoms with van der Waals surface area (Å²) in [5.74, 6) is 0.996. The van der Waals surface area contributed by atoms with E-state index in [1.165, 1.54) is 6.20 Å². The lowest BCUT2D eigenvalue weighted by Gasteiger charge is -2.19. The second kappa shape index (κ2) is 12.3. The van der Waals surface area contributed by atoms with Crippen molar-refractivity contribution in [2.45, 2.75) is 50.7 Å². The number of ether oxygens (including phenoxy) is 1. The Morgan fingerprint density at radius 1 is 1.03 bits per heavy atom. The van der Waals surface area contributed by atoms with Crippen molar-refractivity contribution >= 4 is 57.0 Å². The van der Waals surface area contributed by atoms with Crippen LogP contribution in [0.5, 0.6) is 5.75 Å². The lowest BCUT2D eigenvalue weighted by Crippen LogP contribution is -2.15. The normalized spacial score (nSPS) is 12.0. The molecule has 0 spiro atoms. The van der Waals surface area contributed by atoms with Crippen molar-refractivity contribution in [3.63, 3.8) is 0 Å². The fourth-order valence-corrected chi connectivity index (χ4v) is 8.19. The van der Waals surface area contributed by atoms with Crippen molar-refractivity contribution in [3.8, 4) is 5.75 Å². The Hall–Kier alpha value is -2.61. The van der Waals surface area contributed by atoms with E-state index in [0.717, 1.165) is 18.1 Å². The van der Waals surface area contributed by atoms with Crippen molar-refractivity contribution in [2.24, 2.45) is 0 Å². The molecule has 0 amide bonds. The summed E-state index contributed by atoms with van der Waals surface area (Å²) in [4.78, 5) is 8.89. The number of para-hydroxylation sites is 1. The number of sulfone groups is 1. The summed E-state index contributed by atoms with van der Waals surface area (Å²) >= 11 is 6.35. The average Bonchev–Trinajstić information content (AvgIpc) is 2.86. The van der Waals surface area contributed by atoms with Crippen LogP contribution in [0.15, 0.2) is 53.6 Å². The minimum Gasteiger partial charge on any atom is -0.495 e. The molecule has 0 fully saturated rings. The van der Waals surface area contributed by atoms with E-state index in [2.05, 4.69) is 20.6 Å². The molecule has 0 bridgehead atoms. The molecule has 0 aliphatic carbocycles. The first-order valence-electron chi connectivity index (χ1n) is 12.2. The number of nitrogens with zero attached hydrogens (tertiary/aromatic N) is 2. The molecule has 0 atom stereocenters. The third kappa shape index (κ3) is 6.64. The zero-order valence-corrected chi connectivity index (χ0v) is 24.3. The van der Waals surface area contributed by atoms with Gasteiger partial charge in [0.15, 0.2) is 15.7 Å². The van der Waals surface area contributed by atoms with Crippen LogP contribution in [0.1, 0.15) is 40.5 Å². The summed E-state index contributed by atoms with van der Waals surface area (Å²) in [5, 5.41) is 6.60. The van der Waals surface area contributed by atoms with Gasteiger partial charge in [0.1, 0.15) is 17.9 Å². The molecule has 0 radical (unpaired) electrons. The molecule has 3 aromatic rings. The first-order valence-corrected chi connectivity index (χ1v) is 16.2. The van der Waals surface area contributed by atoms with E-state index >= 15 is 0 Å². The van der Waals surface area contributed by atoms with Crippen LogP contribution in [-0.2, 0) is 14.4 Å². The smallest absolute Gasteiger partial charge is 0.229 e. The summed E-state index contributed by atoms with van der Waals surface area (Å²) in [6.07, 6.45) is 4.42. The van der Waals surface area contributed by atoms with E-state index in [0.29, 0.717) is 29.4 Å². The number of hydrogen-bond donors (Lipinski definition) is 2. The fraction of sp³-hybridized carbons (Fsp3) is 0.385. The number of aromatic nitrogens is 2. The molecule has 0 aliphatic heterocycles. The van der Waals surface area contributed by atoms with Crippen molar-refractivity contribution in [1.82, 2.24) is 9.97 Å². The largest absolute Gasteiger partial charge is 0.495 e. The number of benzene rings is 2. The van der Waals surface area contributed by atoms with Gasteiger partial charge in [0.2, 0.25) is 5.95 Å². The highest BCUT2D eigenvalue weighted by molar-refractivity contribution is 7.92. The molecular formula is C26H34ClN4O4PS. The van der Waals surface area contributed by atoms with Gasteiger partial charge in [0.25, 0.3) is 0 Å². The van der Waals surface area contributed by atoms with Crippen LogP contribution in [0.2, 0.25) is 5.02 Å². The van der Waals surface area contributed by atoms with Crippen LogP contribution in [0.4, 0.5) is 23.1 Å². The minimum absolute atomic E-state index is 0.162. The van der Waals surface area contributed by atoms with E-state index in [-0.39, 0.29) is 21.7 Å². The van der Waals surface area contributed by atoms with Crippen LogP contribution in [0, 0.1) is 0 Å². The van der Waals surface area contributed by atoms with E-state index in [1.807, 2.05) is 32.0 Å². The van der Waals surface area contributed by atoms with Gasteiger partial charge in [-0.25, -0.2) is 13.4 Å². The predicted molar refractivity (Wildman–Crippen MR) is 153 cm³/mol. The van der Waals surface area contributed by atoms with Crippen molar-refractivity contribution in [3.05, 3.63) is 53.7 Å². The van der Waals surface area contributed by atoms with Gasteiger partial charge >= 0.3 is 0 Å². The Morgan fingerprint density at radius 2 is 1.70 bits per heavy atom. The minimum atomic E-state index is -3.54. The molecule has 0 saturated carbocycles. The molecule has 200 valence electrons. The number of rotatable bonds is 12. The standard InChI is InChI=1S/C26H34ClN4O4PS/c1-6-14-36(32,15-7-2)19-12-13-21(23(16-19)35-5)30-26-28-17-20(27)25(31-26)29-22-10-8-9-11-24(22)37(33,34)18(3)4/h8-13,16-18H,6-7,14-15H2,1-5H3,(H2,28,29,30,31). The SMILES string of the molecule is CCCP(=O)(CCC)c1ccc(Nc2ncc(Cl)c(Nc3ccccc3S(=O)(=O)C(C)C)n2)c(OC)c1. The zero-order chi connectivity index (χ0) is 27.2. The maximum Gasteiger partial charge on any atom is 0.229 e. The number of halogens is 1. The van der Waals surface area contributed by atoms with Gasteiger partial charge in [-0.05, 0) is 57.0 Å². The molecule has 2 aromatic carbocycles. The second-order valence-electron chi connectivity index (χ2n) is 8.95. The molecule has 0 saturated heterocycles. The first-order chi connectivity index (χ1) is 17.6. The van der Waals surface area contributed by atoms with Crippen LogP contribution in [0.25, 0.3) is 0 Å². The molecule has 0 unspecified atom stereocenters. The molecule has 0 aliphatic rings. The summed E-state index contributed by atoms with van der Waals surface area (Å²) in [5.41, 5.74) is 0.967. The monoisotopic (exact) mass is 564 g/mol. The summed E-state index contributed by atoms with van der Waals surface area (Å²) in [7, 11) is -4.49. The zero-order valence-electron chi connectivity index (χ0n) is 21.8. The number of anilines is 4. The quantitative estimate of drug-likeness (QED) is 0.236. The maximum atomic E-state index is 13.6. The lowest BCUT2D eigenvalue weighted by molar-refractivity contribution is 0.417. The predicted octanol–water partition coefficient (Wildman–Crippen LogP) is 6.62. The van der Waals surface area contributed by atoms with E-state index in [4.69, 9.17) is 16.3 Å². The lowest BCUT2D eigenvalue weighted by atomic mass is 10.3. The topological polar surface area (TPSA) is 110 Å². The van der Waals surface area contributed by atoms with Crippen LogP contribution < -0.4 is 20.7 Å². The van der Waals surface area contributed by atoms with Crippen molar-refractivity contribution < 1.29 is 17.7 Å². The number of nitrogens with one attached hydrogen (secondary N) is 2. The van der Waals surface area contributed by atoms with Crippen LogP contribution in [-0.4, -0.2) is 43.1 Å². The van der Waals surface area contributed by atoms with E-state index in [9.17, 15) is 13.0 Å². The number of hydrogen-bond acceptors (Lipinski definition) is 8. The molecule has 11 heteroatoms. The Bertz CT molecular complexity index is 1390. The highest BCUT2D eigenvalue weighted by Crippen LogP contribution is 2.47. The highest BCUT2D eigenvalue weighted by Gasteiger charge is 2.25. The molecule has 2 N–H and O–H groups in total. The van der Waals surface area contributed by atoms with Gasteiger partial charge in [-0.1, -0.05) is 37.6 Å². The van der Waals surface area contributed by atoms with Crippen LogP contribution >= 0.6 is 18.7 Å². The molecule has 3 rings (SSSR count). The molecule has 1 aromatic heterocycles. The summed E-state index contributed by atoms with van der Waals surface area (Å²) < 4.78 is 44.8. The molecule has 1 heterocycles. The van der Waals surface area contributed by atoms with E-state index < -0.39 is 22.2 Å². The summed E-state index contributed by atoms with van der Waals surface area (Å²) in [6.45, 7) is 7.34. The Labute approximate surface area is 224 Å². The van der Waals surface area contributed by atoms with Crippen molar-refractivity contribution in [2.75, 3.05) is 30.1 Å². The summed E-state index contributed by atoms with van der Waals surface area (Å²) in [6, 6.07) is 12.1. The van der Waals surface area contributed by atoms with Gasteiger partial charge < -0.3 is 19.9 Å². The second-order valence-corrected chi connectivity index (χ2v) is 15.0.